The van der Waals surface area contributed by atoms with Crippen LogP contribution in [0, 0.1) is 0 Å². The Kier molecular flexibility index (Phi) is 2.20. The van der Waals surface area contributed by atoms with Crippen molar-refractivity contribution in [2.75, 3.05) is 0 Å². The highest BCUT2D eigenvalue weighted by Gasteiger charge is 2.04. The number of halogens is 2. The van der Waals surface area contributed by atoms with Crippen LogP contribution in [0.3, 0.4) is 0 Å². The van der Waals surface area contributed by atoms with E-state index in [1.807, 2.05) is 12.1 Å². The van der Waals surface area contributed by atoms with Gasteiger partial charge in [0.15, 0.2) is 5.82 Å². The summed E-state index contributed by atoms with van der Waals surface area (Å²) in [5.74, 6) is 0.502. The standard InChI is InChI=1S/C8H5Cl2N3/c9-6-4-7(10)13-8(12-6)5-2-1-3-11-5/h1-4,11H. The minimum absolute atomic E-state index is 0.338. The van der Waals surface area contributed by atoms with E-state index in [0.717, 1.165) is 5.69 Å². The van der Waals surface area contributed by atoms with Gasteiger partial charge in [-0.3, -0.25) is 0 Å². The van der Waals surface area contributed by atoms with Gasteiger partial charge in [-0.05, 0) is 12.1 Å². The average Bonchev–Trinajstić information content (AvgIpc) is 2.53. The smallest absolute Gasteiger partial charge is 0.178 e. The summed E-state index contributed by atoms with van der Waals surface area (Å²) < 4.78 is 0. The van der Waals surface area contributed by atoms with Crippen molar-refractivity contribution >= 4 is 23.2 Å². The van der Waals surface area contributed by atoms with Crippen molar-refractivity contribution in [3.63, 3.8) is 0 Å². The number of nitrogens with zero attached hydrogens (tertiary/aromatic N) is 2. The van der Waals surface area contributed by atoms with Crippen LogP contribution in [0.4, 0.5) is 0 Å². The van der Waals surface area contributed by atoms with Crippen molar-refractivity contribution in [2.45, 2.75) is 0 Å². The van der Waals surface area contributed by atoms with E-state index < -0.39 is 0 Å². The van der Waals surface area contributed by atoms with Crippen molar-refractivity contribution in [2.24, 2.45) is 0 Å². The molecule has 13 heavy (non-hydrogen) atoms. The number of hydrogen-bond acceptors (Lipinski definition) is 2. The zero-order valence-corrected chi connectivity index (χ0v) is 7.97. The minimum atomic E-state index is 0.338. The number of aromatic amines is 1. The van der Waals surface area contributed by atoms with Crippen LogP contribution in [0.1, 0.15) is 0 Å². The van der Waals surface area contributed by atoms with Gasteiger partial charge in [-0.15, -0.1) is 0 Å². The average molecular weight is 214 g/mol. The van der Waals surface area contributed by atoms with Crippen LogP contribution in [-0.2, 0) is 0 Å². The second-order valence-electron chi connectivity index (χ2n) is 2.42. The number of aromatic nitrogens is 3. The first-order chi connectivity index (χ1) is 6.25. The lowest BCUT2D eigenvalue weighted by Crippen LogP contribution is -1.89. The Morgan fingerprint density at radius 1 is 1.15 bits per heavy atom. The third-order valence-corrected chi connectivity index (χ3v) is 1.89. The van der Waals surface area contributed by atoms with E-state index in [9.17, 15) is 0 Å². The van der Waals surface area contributed by atoms with Gasteiger partial charge in [-0.25, -0.2) is 9.97 Å². The van der Waals surface area contributed by atoms with Crippen LogP contribution >= 0.6 is 23.2 Å². The lowest BCUT2D eigenvalue weighted by molar-refractivity contribution is 1.15. The fourth-order valence-corrected chi connectivity index (χ4v) is 1.40. The highest BCUT2D eigenvalue weighted by molar-refractivity contribution is 6.33. The van der Waals surface area contributed by atoms with Gasteiger partial charge in [0.25, 0.3) is 0 Å². The highest BCUT2D eigenvalue weighted by atomic mass is 35.5. The van der Waals surface area contributed by atoms with Crippen molar-refractivity contribution in [1.82, 2.24) is 15.0 Å². The van der Waals surface area contributed by atoms with Crippen LogP contribution < -0.4 is 0 Å². The molecule has 0 aliphatic heterocycles. The Morgan fingerprint density at radius 3 is 2.38 bits per heavy atom. The van der Waals surface area contributed by atoms with Crippen molar-refractivity contribution < 1.29 is 0 Å². The largest absolute Gasteiger partial charge is 0.359 e. The van der Waals surface area contributed by atoms with Crippen LogP contribution in [-0.4, -0.2) is 15.0 Å². The molecule has 0 saturated carbocycles. The fourth-order valence-electron chi connectivity index (χ4n) is 0.980. The predicted molar refractivity (Wildman–Crippen MR) is 51.8 cm³/mol. The van der Waals surface area contributed by atoms with Crippen LogP contribution in [0.5, 0.6) is 0 Å². The SMILES string of the molecule is Clc1cc(Cl)nc(-c2ccc[nH]2)n1. The summed E-state index contributed by atoms with van der Waals surface area (Å²) in [6.07, 6.45) is 1.79. The molecule has 2 aromatic rings. The molecule has 0 aliphatic rings. The van der Waals surface area contributed by atoms with Gasteiger partial charge < -0.3 is 4.98 Å². The minimum Gasteiger partial charge on any atom is -0.359 e. The Hall–Kier alpha value is -1.06. The van der Waals surface area contributed by atoms with Crippen LogP contribution in [0.2, 0.25) is 10.3 Å². The third-order valence-electron chi connectivity index (χ3n) is 1.50. The van der Waals surface area contributed by atoms with Crippen molar-refractivity contribution in [3.8, 4) is 11.5 Å². The summed E-state index contributed by atoms with van der Waals surface area (Å²) in [7, 11) is 0. The van der Waals surface area contributed by atoms with Gasteiger partial charge in [0.2, 0.25) is 0 Å². The molecule has 0 atom stereocenters. The second kappa shape index (κ2) is 3.36. The van der Waals surface area contributed by atoms with E-state index in [2.05, 4.69) is 15.0 Å². The highest BCUT2D eigenvalue weighted by Crippen LogP contribution is 2.18. The molecule has 3 nitrogen and oxygen atoms in total. The van der Waals surface area contributed by atoms with Gasteiger partial charge in [-0.2, -0.15) is 0 Å². The van der Waals surface area contributed by atoms with Crippen molar-refractivity contribution in [1.29, 1.82) is 0 Å². The number of H-pyrrole nitrogens is 1. The van der Waals surface area contributed by atoms with E-state index in [1.165, 1.54) is 6.07 Å². The van der Waals surface area contributed by atoms with E-state index in [1.54, 1.807) is 6.20 Å². The molecule has 2 rings (SSSR count). The van der Waals surface area contributed by atoms with E-state index >= 15 is 0 Å². The molecule has 5 heteroatoms. The van der Waals surface area contributed by atoms with Gasteiger partial charge in [0, 0.05) is 12.3 Å². The summed E-state index contributed by atoms with van der Waals surface area (Å²) in [4.78, 5) is 11.0. The zero-order chi connectivity index (χ0) is 9.26. The first-order valence-electron chi connectivity index (χ1n) is 3.59. The summed E-state index contributed by atoms with van der Waals surface area (Å²) in [6.45, 7) is 0. The Bertz CT molecular complexity index is 391. The first-order valence-corrected chi connectivity index (χ1v) is 4.35. The van der Waals surface area contributed by atoms with E-state index in [4.69, 9.17) is 23.2 Å². The van der Waals surface area contributed by atoms with Crippen LogP contribution in [0.25, 0.3) is 11.5 Å². The molecule has 0 saturated heterocycles. The van der Waals surface area contributed by atoms with E-state index in [-0.39, 0.29) is 0 Å². The topological polar surface area (TPSA) is 41.6 Å². The molecule has 0 fully saturated rings. The molecule has 0 amide bonds. The molecule has 0 unspecified atom stereocenters. The molecule has 0 radical (unpaired) electrons. The zero-order valence-electron chi connectivity index (χ0n) is 6.46. The Balaban J connectivity index is 2.53. The second-order valence-corrected chi connectivity index (χ2v) is 3.20. The lowest BCUT2D eigenvalue weighted by atomic mass is 10.4. The molecule has 1 N–H and O–H groups in total. The number of hydrogen-bond donors (Lipinski definition) is 1. The van der Waals surface area contributed by atoms with Gasteiger partial charge in [0.1, 0.15) is 10.3 Å². The maximum absolute atomic E-state index is 5.72. The summed E-state index contributed by atoms with van der Waals surface area (Å²) >= 11 is 11.4. The maximum atomic E-state index is 5.72. The van der Waals surface area contributed by atoms with E-state index in [0.29, 0.717) is 16.1 Å². The predicted octanol–water partition coefficient (Wildman–Crippen LogP) is 2.78. The summed E-state index contributed by atoms with van der Waals surface area (Å²) in [5.41, 5.74) is 0.796. The van der Waals surface area contributed by atoms with Gasteiger partial charge >= 0.3 is 0 Å². The molecular weight excluding hydrogens is 209 g/mol. The maximum Gasteiger partial charge on any atom is 0.178 e. The Labute approximate surface area is 84.7 Å². The van der Waals surface area contributed by atoms with Gasteiger partial charge in [-0.1, -0.05) is 23.2 Å². The molecule has 0 bridgehead atoms. The van der Waals surface area contributed by atoms with Crippen LogP contribution in [0.15, 0.2) is 24.4 Å². The summed E-state index contributed by atoms with van der Waals surface area (Å²) in [5, 5.41) is 0.675. The fraction of sp³-hybridized carbons (Fsp3) is 0. The lowest BCUT2D eigenvalue weighted by Gasteiger charge is -1.97. The third kappa shape index (κ3) is 1.82. The molecule has 0 aromatic carbocycles. The normalized spacial score (nSPS) is 10.3. The quantitative estimate of drug-likeness (QED) is 0.741. The molecule has 0 aliphatic carbocycles. The molecule has 2 aromatic heterocycles. The Morgan fingerprint density at radius 2 is 1.85 bits per heavy atom. The first kappa shape index (κ1) is 8.53. The molecule has 0 spiro atoms. The number of rotatable bonds is 1. The van der Waals surface area contributed by atoms with Gasteiger partial charge in [0.05, 0.1) is 5.69 Å². The van der Waals surface area contributed by atoms with Crippen molar-refractivity contribution in [3.05, 3.63) is 34.7 Å². The monoisotopic (exact) mass is 213 g/mol. The molecular formula is C8H5Cl2N3. The molecule has 2 heterocycles. The summed E-state index contributed by atoms with van der Waals surface area (Å²) in [6, 6.07) is 5.20. The number of nitrogens with one attached hydrogen (secondary N) is 1. The molecule has 66 valence electrons.